The molecule has 0 spiro atoms. The van der Waals surface area contributed by atoms with Crippen LogP contribution in [-0.2, 0) is 4.79 Å². The zero-order chi connectivity index (χ0) is 14.5. The van der Waals surface area contributed by atoms with Crippen LogP contribution in [0.4, 0.5) is 0 Å². The number of carbonyl (C=O) groups is 1. The minimum Gasteiger partial charge on any atom is -0.337 e. The van der Waals surface area contributed by atoms with E-state index in [1.165, 1.54) is 32.1 Å². The van der Waals surface area contributed by atoms with Gasteiger partial charge in [0.05, 0.1) is 12.6 Å². The van der Waals surface area contributed by atoms with E-state index in [-0.39, 0.29) is 11.8 Å². The SMILES string of the molecule is CC(C)[C@](C)(C#N)NC(=O)CN(C)C1CCCCC1. The van der Waals surface area contributed by atoms with Crippen molar-refractivity contribution >= 4 is 5.91 Å². The molecule has 0 aromatic carbocycles. The molecular formula is C15H27N3O. The smallest absolute Gasteiger partial charge is 0.235 e. The average molecular weight is 265 g/mol. The second kappa shape index (κ2) is 6.91. The first-order valence-corrected chi connectivity index (χ1v) is 7.31. The molecule has 0 aliphatic heterocycles. The van der Waals surface area contributed by atoms with Gasteiger partial charge in [0.1, 0.15) is 5.54 Å². The summed E-state index contributed by atoms with van der Waals surface area (Å²) in [7, 11) is 2.01. The van der Waals surface area contributed by atoms with Crippen molar-refractivity contribution in [1.82, 2.24) is 10.2 Å². The Balaban J connectivity index is 2.48. The van der Waals surface area contributed by atoms with Gasteiger partial charge in [-0.05, 0) is 32.7 Å². The molecule has 1 saturated carbocycles. The lowest BCUT2D eigenvalue weighted by Gasteiger charge is -2.32. The molecule has 0 aromatic rings. The van der Waals surface area contributed by atoms with E-state index in [0.29, 0.717) is 12.6 Å². The van der Waals surface area contributed by atoms with Crippen molar-refractivity contribution in [2.24, 2.45) is 5.92 Å². The van der Waals surface area contributed by atoms with E-state index >= 15 is 0 Å². The fourth-order valence-corrected chi connectivity index (χ4v) is 2.51. The van der Waals surface area contributed by atoms with Gasteiger partial charge in [0.25, 0.3) is 0 Å². The van der Waals surface area contributed by atoms with E-state index in [0.717, 1.165) is 0 Å². The Morgan fingerprint density at radius 2 is 2.00 bits per heavy atom. The Bertz CT molecular complexity index is 342. The van der Waals surface area contributed by atoms with Crippen molar-refractivity contribution in [3.8, 4) is 6.07 Å². The molecule has 1 aliphatic rings. The summed E-state index contributed by atoms with van der Waals surface area (Å²) in [5.41, 5.74) is -0.773. The van der Waals surface area contributed by atoms with E-state index in [4.69, 9.17) is 0 Å². The van der Waals surface area contributed by atoms with Crippen LogP contribution in [-0.4, -0.2) is 36.0 Å². The van der Waals surface area contributed by atoms with Crippen LogP contribution in [0.25, 0.3) is 0 Å². The number of hydrogen-bond acceptors (Lipinski definition) is 3. The molecule has 1 fully saturated rings. The monoisotopic (exact) mass is 265 g/mol. The number of rotatable bonds is 5. The molecule has 1 atom stereocenters. The van der Waals surface area contributed by atoms with Gasteiger partial charge in [-0.15, -0.1) is 0 Å². The third-order valence-corrected chi connectivity index (χ3v) is 4.38. The normalized spacial score (nSPS) is 20.1. The second-order valence-electron chi connectivity index (χ2n) is 6.22. The molecule has 0 aromatic heterocycles. The second-order valence-corrected chi connectivity index (χ2v) is 6.22. The van der Waals surface area contributed by atoms with Crippen LogP contribution in [0.5, 0.6) is 0 Å². The summed E-state index contributed by atoms with van der Waals surface area (Å²) < 4.78 is 0. The standard InChI is InChI=1S/C15H27N3O/c1-12(2)15(3,11-16)17-14(19)10-18(4)13-8-6-5-7-9-13/h12-13H,5-10H2,1-4H3,(H,17,19)/t15-/m0/s1. The summed E-state index contributed by atoms with van der Waals surface area (Å²) in [6, 6.07) is 2.73. The quantitative estimate of drug-likeness (QED) is 0.830. The molecule has 108 valence electrons. The highest BCUT2D eigenvalue weighted by Crippen LogP contribution is 2.21. The van der Waals surface area contributed by atoms with Crippen LogP contribution >= 0.6 is 0 Å². The first-order valence-electron chi connectivity index (χ1n) is 7.31. The Morgan fingerprint density at radius 1 is 1.42 bits per heavy atom. The number of amides is 1. The maximum atomic E-state index is 12.1. The number of carbonyl (C=O) groups excluding carboxylic acids is 1. The highest BCUT2D eigenvalue weighted by atomic mass is 16.2. The van der Waals surface area contributed by atoms with Gasteiger partial charge in [0.2, 0.25) is 5.91 Å². The van der Waals surface area contributed by atoms with E-state index < -0.39 is 5.54 Å². The summed E-state index contributed by atoms with van der Waals surface area (Å²) in [6.07, 6.45) is 6.21. The molecule has 4 nitrogen and oxygen atoms in total. The molecule has 0 saturated heterocycles. The molecule has 4 heteroatoms. The number of likely N-dealkylation sites (N-methyl/N-ethyl adjacent to an activating group) is 1. The van der Waals surface area contributed by atoms with Crippen LogP contribution in [0, 0.1) is 17.2 Å². The predicted molar refractivity (Wildman–Crippen MR) is 76.5 cm³/mol. The highest BCUT2D eigenvalue weighted by Gasteiger charge is 2.30. The van der Waals surface area contributed by atoms with Crippen LogP contribution in [0.15, 0.2) is 0 Å². The van der Waals surface area contributed by atoms with Crippen molar-refractivity contribution in [3.63, 3.8) is 0 Å². The summed E-state index contributed by atoms with van der Waals surface area (Å²) in [6.45, 7) is 6.08. The van der Waals surface area contributed by atoms with Gasteiger partial charge in [0, 0.05) is 6.04 Å². The number of nitriles is 1. The number of hydrogen-bond donors (Lipinski definition) is 1. The molecule has 1 N–H and O–H groups in total. The minimum atomic E-state index is -0.773. The van der Waals surface area contributed by atoms with Gasteiger partial charge in [0.15, 0.2) is 0 Å². The fraction of sp³-hybridized carbons (Fsp3) is 0.867. The molecule has 1 rings (SSSR count). The Hall–Kier alpha value is -1.08. The van der Waals surface area contributed by atoms with E-state index in [9.17, 15) is 10.1 Å². The van der Waals surface area contributed by atoms with Crippen LogP contribution in [0.1, 0.15) is 52.9 Å². The molecule has 0 radical (unpaired) electrons. The maximum absolute atomic E-state index is 12.1. The van der Waals surface area contributed by atoms with Gasteiger partial charge >= 0.3 is 0 Å². The Morgan fingerprint density at radius 3 is 2.47 bits per heavy atom. The van der Waals surface area contributed by atoms with E-state index in [2.05, 4.69) is 16.3 Å². The topological polar surface area (TPSA) is 56.1 Å². The maximum Gasteiger partial charge on any atom is 0.235 e. The third-order valence-electron chi connectivity index (χ3n) is 4.38. The third kappa shape index (κ3) is 4.50. The summed E-state index contributed by atoms with van der Waals surface area (Å²) in [5, 5.41) is 12.1. The van der Waals surface area contributed by atoms with Gasteiger partial charge in [-0.2, -0.15) is 5.26 Å². The van der Waals surface area contributed by atoms with Gasteiger partial charge < -0.3 is 5.32 Å². The van der Waals surface area contributed by atoms with Crippen LogP contribution in [0.3, 0.4) is 0 Å². The molecule has 0 bridgehead atoms. The summed E-state index contributed by atoms with van der Waals surface area (Å²) >= 11 is 0. The molecule has 1 amide bonds. The van der Waals surface area contributed by atoms with Crippen molar-refractivity contribution in [2.45, 2.75) is 64.5 Å². The van der Waals surface area contributed by atoms with Gasteiger partial charge in [-0.25, -0.2) is 0 Å². The number of nitrogens with zero attached hydrogens (tertiary/aromatic N) is 2. The molecule has 0 unspecified atom stereocenters. The highest BCUT2D eigenvalue weighted by molar-refractivity contribution is 5.79. The van der Waals surface area contributed by atoms with Crippen LogP contribution < -0.4 is 5.32 Å². The fourth-order valence-electron chi connectivity index (χ4n) is 2.51. The summed E-state index contributed by atoms with van der Waals surface area (Å²) in [4.78, 5) is 14.2. The Labute approximate surface area is 117 Å². The van der Waals surface area contributed by atoms with E-state index in [1.54, 1.807) is 6.92 Å². The van der Waals surface area contributed by atoms with Crippen molar-refractivity contribution in [1.29, 1.82) is 5.26 Å². The molecular weight excluding hydrogens is 238 g/mol. The Kier molecular flexibility index (Phi) is 5.81. The average Bonchev–Trinajstić information content (AvgIpc) is 2.39. The van der Waals surface area contributed by atoms with Crippen molar-refractivity contribution in [3.05, 3.63) is 0 Å². The largest absolute Gasteiger partial charge is 0.337 e. The minimum absolute atomic E-state index is 0.0502. The summed E-state index contributed by atoms with van der Waals surface area (Å²) in [5.74, 6) is 0.0484. The first-order chi connectivity index (χ1) is 8.89. The van der Waals surface area contributed by atoms with Gasteiger partial charge in [-0.3, -0.25) is 9.69 Å². The lowest BCUT2D eigenvalue weighted by Crippen LogP contribution is -2.52. The van der Waals surface area contributed by atoms with Crippen LogP contribution in [0.2, 0.25) is 0 Å². The lowest BCUT2D eigenvalue weighted by molar-refractivity contribution is -0.124. The first kappa shape index (κ1) is 16.0. The molecule has 19 heavy (non-hydrogen) atoms. The molecule has 1 aliphatic carbocycles. The zero-order valence-corrected chi connectivity index (χ0v) is 12.7. The lowest BCUT2D eigenvalue weighted by atomic mass is 9.90. The van der Waals surface area contributed by atoms with E-state index in [1.807, 2.05) is 20.9 Å². The number of nitrogens with one attached hydrogen (secondary N) is 1. The molecule has 0 heterocycles. The van der Waals surface area contributed by atoms with Gasteiger partial charge in [-0.1, -0.05) is 33.1 Å². The van der Waals surface area contributed by atoms with Crippen molar-refractivity contribution in [2.75, 3.05) is 13.6 Å². The predicted octanol–water partition coefficient (Wildman–Crippen LogP) is 2.31. The zero-order valence-electron chi connectivity index (χ0n) is 12.7. The van der Waals surface area contributed by atoms with Crippen molar-refractivity contribution < 1.29 is 4.79 Å².